The van der Waals surface area contributed by atoms with Crippen LogP contribution in [0.1, 0.15) is 74.2 Å². The molecule has 0 saturated carbocycles. The number of methoxy groups -OCH3 is 1. The highest BCUT2D eigenvalue weighted by atomic mass is 16.7. The van der Waals surface area contributed by atoms with Gasteiger partial charge in [-0.25, -0.2) is 0 Å². The fraction of sp³-hybridized carbons (Fsp3) is 0.424. The van der Waals surface area contributed by atoms with Crippen molar-refractivity contribution in [2.75, 3.05) is 20.8 Å². The van der Waals surface area contributed by atoms with E-state index in [0.29, 0.717) is 30.4 Å². The van der Waals surface area contributed by atoms with E-state index in [9.17, 15) is 35.1 Å². The summed E-state index contributed by atoms with van der Waals surface area (Å²) in [6, 6.07) is 3.80. The van der Waals surface area contributed by atoms with E-state index in [1.54, 1.807) is 6.07 Å². The molecule has 1 saturated heterocycles. The molecular weight excluding hydrogens is 626 g/mol. The van der Waals surface area contributed by atoms with Crippen LogP contribution in [0.3, 0.4) is 0 Å². The Morgan fingerprint density at radius 3 is 2.50 bits per heavy atom. The molecule has 11 N–H and O–H groups in total. The number of nitrogens with zero attached hydrogens (tertiary/aromatic N) is 1. The molecule has 0 bridgehead atoms. The third kappa shape index (κ3) is 5.78. The van der Waals surface area contributed by atoms with Gasteiger partial charge in [0.15, 0.2) is 11.7 Å². The number of phenols is 1. The van der Waals surface area contributed by atoms with E-state index in [2.05, 4.69) is 15.6 Å². The molecule has 4 aliphatic rings. The van der Waals surface area contributed by atoms with Crippen LogP contribution in [0.4, 0.5) is 0 Å². The number of aliphatic hydroxyl groups excluding tert-OH is 4. The number of nitrogens with two attached hydrogens (primary N) is 2. The smallest absolute Gasteiger partial charge is 0.229 e. The Balaban J connectivity index is 1.46. The summed E-state index contributed by atoms with van der Waals surface area (Å²) < 4.78 is 16.8. The summed E-state index contributed by atoms with van der Waals surface area (Å²) in [5, 5.41) is 58.9. The van der Waals surface area contributed by atoms with Crippen LogP contribution < -0.4 is 31.6 Å². The van der Waals surface area contributed by atoms with Gasteiger partial charge in [0.25, 0.3) is 0 Å². The summed E-state index contributed by atoms with van der Waals surface area (Å²) in [5.41, 5.74) is 13.5. The number of ether oxygens (including phenoxy) is 3. The molecular formula is C33H39N5O10. The van der Waals surface area contributed by atoms with Crippen LogP contribution in [0.25, 0.3) is 0 Å². The number of aliphatic hydroxyl groups is 4. The standard InChI is InChI=1S/C33H39N5O10/c1-36-33(35)38-19-5-4-14(7-13-3-6-22(34)37-11-13)16-10-18-25(28(42)23(16)19)29(43)24-17(26(18)40)8-15(46-2)9-20(24)47-32-31(45)30(44)27(41)21(12-39)48-32/h3,6,8-11,14,19,21-22,27,30-32,37,39,41-42,44-45H,4-5,7,12,34H2,1-2H3,(H3,35,36,38). The number of hydrogen-bond acceptors (Lipinski definition) is 13. The molecule has 2 heterocycles. The van der Waals surface area contributed by atoms with Gasteiger partial charge in [-0.3, -0.25) is 14.6 Å². The van der Waals surface area contributed by atoms with E-state index in [4.69, 9.17) is 25.7 Å². The molecule has 2 aromatic carbocycles. The van der Waals surface area contributed by atoms with Crippen molar-refractivity contribution in [2.45, 2.75) is 68.1 Å². The fourth-order valence-corrected chi connectivity index (χ4v) is 6.80. The molecule has 256 valence electrons. The van der Waals surface area contributed by atoms with Gasteiger partial charge >= 0.3 is 0 Å². The monoisotopic (exact) mass is 665 g/mol. The van der Waals surface area contributed by atoms with Gasteiger partial charge in [0.05, 0.1) is 37.1 Å². The van der Waals surface area contributed by atoms with Crippen LogP contribution >= 0.6 is 0 Å². The number of fused-ring (bicyclic) bond motifs is 3. The summed E-state index contributed by atoms with van der Waals surface area (Å²) in [5.74, 6) is -1.82. The highest BCUT2D eigenvalue weighted by molar-refractivity contribution is 6.30. The second-order valence-electron chi connectivity index (χ2n) is 12.2. The molecule has 2 aliphatic heterocycles. The minimum Gasteiger partial charge on any atom is -0.507 e. The molecule has 8 unspecified atom stereocenters. The normalized spacial score (nSPS) is 29.6. The van der Waals surface area contributed by atoms with Crippen molar-refractivity contribution in [3.05, 3.63) is 75.5 Å². The number of carbonyl (C=O) groups is 2. The number of phenolic OH excluding ortho intramolecular Hbond substituents is 1. The van der Waals surface area contributed by atoms with Gasteiger partial charge in [-0.15, -0.1) is 0 Å². The van der Waals surface area contributed by atoms with Crippen LogP contribution in [-0.2, 0) is 4.74 Å². The highest BCUT2D eigenvalue weighted by Crippen LogP contribution is 2.50. The van der Waals surface area contributed by atoms with E-state index in [1.807, 2.05) is 18.4 Å². The van der Waals surface area contributed by atoms with E-state index < -0.39 is 54.9 Å². The zero-order valence-corrected chi connectivity index (χ0v) is 26.3. The first-order chi connectivity index (χ1) is 23.0. The van der Waals surface area contributed by atoms with Crippen molar-refractivity contribution >= 4 is 17.5 Å². The van der Waals surface area contributed by atoms with Gasteiger partial charge in [0.2, 0.25) is 12.1 Å². The predicted octanol–water partition coefficient (Wildman–Crippen LogP) is -0.474. The Bertz CT molecular complexity index is 1720. The first-order valence-electron chi connectivity index (χ1n) is 15.5. The van der Waals surface area contributed by atoms with E-state index in [-0.39, 0.29) is 57.5 Å². The van der Waals surface area contributed by atoms with Crippen molar-refractivity contribution < 1.29 is 49.3 Å². The summed E-state index contributed by atoms with van der Waals surface area (Å²) in [6.07, 6.45) is -1.06. The maximum Gasteiger partial charge on any atom is 0.229 e. The van der Waals surface area contributed by atoms with Gasteiger partial charge in [-0.1, -0.05) is 6.08 Å². The maximum absolute atomic E-state index is 14.4. The number of carbonyl (C=O) groups excluding carboxylic acids is 2. The van der Waals surface area contributed by atoms with Gasteiger partial charge in [-0.05, 0) is 54.5 Å². The lowest BCUT2D eigenvalue weighted by atomic mass is 9.72. The number of benzene rings is 2. The summed E-state index contributed by atoms with van der Waals surface area (Å²) in [7, 11) is 2.87. The summed E-state index contributed by atoms with van der Waals surface area (Å²) in [6.45, 7) is -0.703. The van der Waals surface area contributed by atoms with Crippen LogP contribution in [0.2, 0.25) is 0 Å². The summed E-state index contributed by atoms with van der Waals surface area (Å²) >= 11 is 0. The van der Waals surface area contributed by atoms with Crippen LogP contribution in [0.5, 0.6) is 17.2 Å². The molecule has 2 aliphatic carbocycles. The topological polar surface area (TPSA) is 251 Å². The Kier molecular flexibility index (Phi) is 9.17. The molecule has 8 atom stereocenters. The molecule has 48 heavy (non-hydrogen) atoms. The molecule has 1 fully saturated rings. The van der Waals surface area contributed by atoms with Crippen molar-refractivity contribution in [2.24, 2.45) is 16.5 Å². The second-order valence-corrected chi connectivity index (χ2v) is 12.2. The number of allylic oxidation sites excluding steroid dienone is 2. The number of guanidine groups is 1. The van der Waals surface area contributed by atoms with E-state index in [0.717, 1.165) is 5.57 Å². The predicted molar refractivity (Wildman–Crippen MR) is 171 cm³/mol. The molecule has 2 aromatic rings. The Morgan fingerprint density at radius 1 is 1.08 bits per heavy atom. The zero-order chi connectivity index (χ0) is 34.4. The molecule has 0 radical (unpaired) electrons. The SMILES string of the molecule is CN=C(N)NC1CCC(CC2=CNC(N)C=C2)c2cc3c(c(O)c21)C(=O)c1c(OC2OC(CO)C(O)C(O)C2O)cc(OC)cc1C3=O. The first kappa shape index (κ1) is 33.4. The van der Waals surface area contributed by atoms with Gasteiger partial charge in [0, 0.05) is 36.0 Å². The number of dihydropyridines is 1. The number of aliphatic imine (C=N–C) groups is 1. The molecule has 15 heteroatoms. The number of nitrogens with one attached hydrogen (secondary N) is 2. The highest BCUT2D eigenvalue weighted by Gasteiger charge is 2.46. The zero-order valence-electron chi connectivity index (χ0n) is 26.3. The van der Waals surface area contributed by atoms with Crippen molar-refractivity contribution in [1.82, 2.24) is 10.6 Å². The Morgan fingerprint density at radius 2 is 1.83 bits per heavy atom. The summed E-state index contributed by atoms with van der Waals surface area (Å²) in [4.78, 5) is 32.6. The van der Waals surface area contributed by atoms with Crippen molar-refractivity contribution in [1.29, 1.82) is 0 Å². The van der Waals surface area contributed by atoms with Gasteiger partial charge in [-0.2, -0.15) is 0 Å². The van der Waals surface area contributed by atoms with Crippen molar-refractivity contribution in [3.63, 3.8) is 0 Å². The third-order valence-electron chi connectivity index (χ3n) is 9.33. The lowest BCUT2D eigenvalue weighted by Gasteiger charge is -2.40. The van der Waals surface area contributed by atoms with Gasteiger partial charge in [0.1, 0.15) is 41.7 Å². The Hall–Kier alpha value is -4.51. The molecule has 6 rings (SSSR count). The average Bonchev–Trinajstić information content (AvgIpc) is 3.08. The van der Waals surface area contributed by atoms with Crippen LogP contribution in [-0.4, -0.2) is 101 Å². The van der Waals surface area contributed by atoms with Crippen molar-refractivity contribution in [3.8, 4) is 17.2 Å². The number of hydrogen-bond donors (Lipinski definition) is 9. The quantitative estimate of drug-likeness (QED) is 0.114. The van der Waals surface area contributed by atoms with Gasteiger partial charge < -0.3 is 61.8 Å². The fourth-order valence-electron chi connectivity index (χ4n) is 6.80. The van der Waals surface area contributed by atoms with E-state index >= 15 is 0 Å². The number of ketones is 2. The second kappa shape index (κ2) is 13.2. The number of aromatic hydroxyl groups is 1. The van der Waals surface area contributed by atoms with Crippen LogP contribution in [0, 0.1) is 0 Å². The first-order valence-corrected chi connectivity index (χ1v) is 15.5. The minimum absolute atomic E-state index is 0.00751. The molecule has 0 amide bonds. The lowest BCUT2D eigenvalue weighted by molar-refractivity contribution is -0.277. The third-order valence-corrected chi connectivity index (χ3v) is 9.33. The average molecular weight is 666 g/mol. The molecule has 0 aromatic heterocycles. The van der Waals surface area contributed by atoms with E-state index in [1.165, 1.54) is 26.3 Å². The largest absolute Gasteiger partial charge is 0.507 e. The Labute approximate surface area is 275 Å². The number of rotatable bonds is 7. The molecule has 0 spiro atoms. The van der Waals surface area contributed by atoms with Crippen LogP contribution in [0.15, 0.2) is 47.1 Å². The molecule has 15 nitrogen and oxygen atoms in total. The lowest BCUT2D eigenvalue weighted by Crippen LogP contribution is -2.60. The minimum atomic E-state index is -1.79. The maximum atomic E-state index is 14.4.